The highest BCUT2D eigenvalue weighted by Crippen LogP contribution is 2.28. The molecule has 0 spiro atoms. The Labute approximate surface area is 175 Å². The number of carbonyl (C=O) groups is 2. The fourth-order valence-corrected chi connectivity index (χ4v) is 3.17. The molecule has 5 heteroatoms. The normalized spacial score (nSPS) is 11.7. The third-order valence-corrected chi connectivity index (χ3v) is 4.82. The molecule has 1 amide bonds. The van der Waals surface area contributed by atoms with Crippen molar-refractivity contribution in [2.45, 2.75) is 25.4 Å². The summed E-state index contributed by atoms with van der Waals surface area (Å²) in [4.78, 5) is 24.9. The Morgan fingerprint density at radius 2 is 1.38 bits per heavy atom. The Kier molecular flexibility index (Phi) is 7.04. The first-order valence-electron chi connectivity index (χ1n) is 9.38. The molecule has 0 aromatic heterocycles. The van der Waals surface area contributed by atoms with Crippen molar-refractivity contribution >= 4 is 29.2 Å². The van der Waals surface area contributed by atoms with Gasteiger partial charge in [0, 0.05) is 16.6 Å². The molecule has 4 nitrogen and oxygen atoms in total. The Hall–Kier alpha value is -3.11. The van der Waals surface area contributed by atoms with Crippen molar-refractivity contribution < 1.29 is 14.3 Å². The van der Waals surface area contributed by atoms with E-state index in [2.05, 4.69) is 5.32 Å². The van der Waals surface area contributed by atoms with E-state index in [0.717, 1.165) is 11.1 Å². The first-order valence-corrected chi connectivity index (χ1v) is 9.76. The van der Waals surface area contributed by atoms with Crippen LogP contribution in [0.3, 0.4) is 0 Å². The van der Waals surface area contributed by atoms with Crippen LogP contribution in [-0.4, -0.2) is 18.0 Å². The molecule has 0 bridgehead atoms. The summed E-state index contributed by atoms with van der Waals surface area (Å²) in [6.45, 7) is 1.56. The van der Waals surface area contributed by atoms with Crippen LogP contribution in [0.2, 0.25) is 5.02 Å². The van der Waals surface area contributed by atoms with Crippen LogP contribution in [-0.2, 0) is 14.3 Å². The molecule has 3 aromatic rings. The van der Waals surface area contributed by atoms with Gasteiger partial charge in [-0.2, -0.15) is 0 Å². The van der Waals surface area contributed by atoms with Crippen molar-refractivity contribution in [2.24, 2.45) is 0 Å². The zero-order valence-corrected chi connectivity index (χ0v) is 16.8. The number of esters is 1. The zero-order chi connectivity index (χ0) is 20.6. The minimum absolute atomic E-state index is 0.142. The Morgan fingerprint density at radius 1 is 0.862 bits per heavy atom. The molecule has 0 unspecified atom stereocenters. The van der Waals surface area contributed by atoms with E-state index in [1.807, 2.05) is 60.7 Å². The molecule has 0 fully saturated rings. The number of hydrogen-bond acceptors (Lipinski definition) is 3. The van der Waals surface area contributed by atoms with Gasteiger partial charge in [0.25, 0.3) is 5.91 Å². The summed E-state index contributed by atoms with van der Waals surface area (Å²) in [5, 5.41) is 3.30. The average Bonchev–Trinajstić information content (AvgIpc) is 2.75. The van der Waals surface area contributed by atoms with E-state index in [0.29, 0.717) is 10.7 Å². The summed E-state index contributed by atoms with van der Waals surface area (Å²) in [6, 6.07) is 26.3. The topological polar surface area (TPSA) is 55.4 Å². The van der Waals surface area contributed by atoms with Gasteiger partial charge < -0.3 is 10.1 Å². The molecule has 0 aliphatic heterocycles. The highest BCUT2D eigenvalue weighted by Gasteiger charge is 2.23. The van der Waals surface area contributed by atoms with E-state index in [-0.39, 0.29) is 12.3 Å². The molecule has 148 valence electrons. The van der Waals surface area contributed by atoms with E-state index in [1.165, 1.54) is 0 Å². The van der Waals surface area contributed by atoms with Crippen molar-refractivity contribution in [3.05, 3.63) is 101 Å². The fourth-order valence-electron chi connectivity index (χ4n) is 3.04. The number of carbonyl (C=O) groups excluding carboxylic acids is 2. The second-order valence-corrected chi connectivity index (χ2v) is 7.14. The summed E-state index contributed by atoms with van der Waals surface area (Å²) in [6.07, 6.45) is -0.766. The van der Waals surface area contributed by atoms with Crippen LogP contribution >= 0.6 is 11.6 Å². The third kappa shape index (κ3) is 5.93. The second kappa shape index (κ2) is 9.89. The number of benzene rings is 3. The minimum atomic E-state index is -0.912. The number of amides is 1. The first kappa shape index (κ1) is 20.6. The molecule has 0 aliphatic carbocycles. The van der Waals surface area contributed by atoms with Gasteiger partial charge in [0.15, 0.2) is 6.10 Å². The maximum atomic E-state index is 12.6. The molecule has 1 atom stereocenters. The highest BCUT2D eigenvalue weighted by molar-refractivity contribution is 6.30. The maximum Gasteiger partial charge on any atom is 0.307 e. The monoisotopic (exact) mass is 407 g/mol. The minimum Gasteiger partial charge on any atom is -0.453 e. The standard InChI is InChI=1S/C24H22ClNO3/c1-17(24(28)26-21-14-12-20(25)13-15-21)29-23(27)16-22(18-8-4-2-5-9-18)19-10-6-3-7-11-19/h2-15,17,22H,16H2,1H3,(H,26,28)/t17-/m1/s1. The van der Waals surface area contributed by atoms with Gasteiger partial charge in [-0.25, -0.2) is 0 Å². The third-order valence-electron chi connectivity index (χ3n) is 4.56. The number of anilines is 1. The van der Waals surface area contributed by atoms with Crippen LogP contribution < -0.4 is 5.32 Å². The van der Waals surface area contributed by atoms with Crippen molar-refractivity contribution in [1.29, 1.82) is 0 Å². The predicted octanol–water partition coefficient (Wildman–Crippen LogP) is 5.43. The smallest absolute Gasteiger partial charge is 0.307 e. The lowest BCUT2D eigenvalue weighted by molar-refractivity contribution is -0.153. The van der Waals surface area contributed by atoms with E-state index >= 15 is 0 Å². The van der Waals surface area contributed by atoms with Gasteiger partial charge in [0.05, 0.1) is 6.42 Å². The van der Waals surface area contributed by atoms with Gasteiger partial charge in [0.1, 0.15) is 0 Å². The fraction of sp³-hybridized carbons (Fsp3) is 0.167. The molecule has 1 N–H and O–H groups in total. The van der Waals surface area contributed by atoms with Crippen LogP contribution in [0.4, 0.5) is 5.69 Å². The molecular weight excluding hydrogens is 386 g/mol. The molecule has 0 heterocycles. The van der Waals surface area contributed by atoms with Crippen molar-refractivity contribution in [1.82, 2.24) is 0 Å². The van der Waals surface area contributed by atoms with Crippen LogP contribution in [0, 0.1) is 0 Å². The van der Waals surface area contributed by atoms with Gasteiger partial charge >= 0.3 is 5.97 Å². The molecule has 0 aliphatic rings. The first-order chi connectivity index (χ1) is 14.0. The van der Waals surface area contributed by atoms with Crippen LogP contribution in [0.15, 0.2) is 84.9 Å². The number of halogens is 1. The maximum absolute atomic E-state index is 12.6. The summed E-state index contributed by atoms with van der Waals surface area (Å²) in [5.74, 6) is -0.963. The average molecular weight is 408 g/mol. The van der Waals surface area contributed by atoms with Gasteiger partial charge in [-0.15, -0.1) is 0 Å². The molecule has 0 saturated heterocycles. The van der Waals surface area contributed by atoms with Crippen LogP contribution in [0.5, 0.6) is 0 Å². The molecule has 0 radical (unpaired) electrons. The SMILES string of the molecule is C[C@@H](OC(=O)CC(c1ccccc1)c1ccccc1)C(=O)Nc1ccc(Cl)cc1. The Bertz CT molecular complexity index is 903. The summed E-state index contributed by atoms with van der Waals surface area (Å²) in [5.41, 5.74) is 2.64. The lowest BCUT2D eigenvalue weighted by atomic mass is 9.88. The van der Waals surface area contributed by atoms with Crippen molar-refractivity contribution in [3.63, 3.8) is 0 Å². The van der Waals surface area contributed by atoms with Crippen molar-refractivity contribution in [2.75, 3.05) is 5.32 Å². The quantitative estimate of drug-likeness (QED) is 0.531. The van der Waals surface area contributed by atoms with Gasteiger partial charge in [-0.3, -0.25) is 9.59 Å². The number of ether oxygens (including phenoxy) is 1. The van der Waals surface area contributed by atoms with Crippen molar-refractivity contribution in [3.8, 4) is 0 Å². The van der Waals surface area contributed by atoms with Gasteiger partial charge in [0.2, 0.25) is 0 Å². The molecule has 3 aromatic carbocycles. The van der Waals surface area contributed by atoms with E-state index in [4.69, 9.17) is 16.3 Å². The lowest BCUT2D eigenvalue weighted by Crippen LogP contribution is -2.30. The van der Waals surface area contributed by atoms with Gasteiger partial charge in [-0.05, 0) is 42.3 Å². The summed E-state index contributed by atoms with van der Waals surface area (Å²) < 4.78 is 5.40. The Morgan fingerprint density at radius 3 is 1.90 bits per heavy atom. The van der Waals surface area contributed by atoms with E-state index < -0.39 is 18.0 Å². The van der Waals surface area contributed by atoms with Crippen LogP contribution in [0.1, 0.15) is 30.4 Å². The molecule has 0 saturated carbocycles. The zero-order valence-electron chi connectivity index (χ0n) is 16.0. The number of hydrogen-bond donors (Lipinski definition) is 1. The summed E-state index contributed by atoms with van der Waals surface area (Å²) in [7, 11) is 0. The van der Waals surface area contributed by atoms with Crippen LogP contribution in [0.25, 0.3) is 0 Å². The highest BCUT2D eigenvalue weighted by atomic mass is 35.5. The van der Waals surface area contributed by atoms with E-state index in [1.54, 1.807) is 31.2 Å². The predicted molar refractivity (Wildman–Crippen MR) is 115 cm³/mol. The van der Waals surface area contributed by atoms with Gasteiger partial charge in [-0.1, -0.05) is 72.3 Å². The van der Waals surface area contributed by atoms with E-state index in [9.17, 15) is 9.59 Å². The lowest BCUT2D eigenvalue weighted by Gasteiger charge is -2.19. The molecular formula is C24H22ClNO3. The molecule has 29 heavy (non-hydrogen) atoms. The largest absolute Gasteiger partial charge is 0.453 e. The number of rotatable bonds is 7. The Balaban J connectivity index is 1.65. The number of nitrogens with one attached hydrogen (secondary N) is 1. The molecule has 3 rings (SSSR count). The second-order valence-electron chi connectivity index (χ2n) is 6.71. The summed E-state index contributed by atoms with van der Waals surface area (Å²) >= 11 is 5.85.